The van der Waals surface area contributed by atoms with Crippen molar-refractivity contribution in [2.24, 2.45) is 10.9 Å². The van der Waals surface area contributed by atoms with E-state index in [1.807, 2.05) is 53.4 Å². The summed E-state index contributed by atoms with van der Waals surface area (Å²) in [5.41, 5.74) is 2.21. The predicted octanol–water partition coefficient (Wildman–Crippen LogP) is 6.05. The minimum Gasteiger partial charge on any atom is -0.462 e. The van der Waals surface area contributed by atoms with E-state index in [9.17, 15) is 9.59 Å². The van der Waals surface area contributed by atoms with E-state index in [1.165, 1.54) is 18.2 Å². The van der Waals surface area contributed by atoms with Gasteiger partial charge in [-0.2, -0.15) is 0 Å². The van der Waals surface area contributed by atoms with Crippen LogP contribution in [0.1, 0.15) is 55.5 Å². The minimum absolute atomic E-state index is 0.0119. The van der Waals surface area contributed by atoms with Crippen LogP contribution in [0.2, 0.25) is 0 Å². The number of nitrogens with zero attached hydrogens (tertiary/aromatic N) is 2. The van der Waals surface area contributed by atoms with Gasteiger partial charge in [-0.1, -0.05) is 50.1 Å². The molecule has 0 spiro atoms. The molecule has 6 heteroatoms. The highest BCUT2D eigenvalue weighted by Gasteiger charge is 2.41. The fraction of sp³-hybridized carbons (Fsp3) is 0.346. The van der Waals surface area contributed by atoms with Gasteiger partial charge in [0.1, 0.15) is 0 Å². The second-order valence-electron chi connectivity index (χ2n) is 8.19. The lowest BCUT2D eigenvalue weighted by molar-refractivity contribution is -0.124. The van der Waals surface area contributed by atoms with E-state index < -0.39 is 0 Å². The Kier molecular flexibility index (Phi) is 7.10. The largest absolute Gasteiger partial charge is 0.462 e. The molecule has 0 radical (unpaired) electrons. The summed E-state index contributed by atoms with van der Waals surface area (Å²) in [4.78, 5) is 32.8. The third-order valence-electron chi connectivity index (χ3n) is 5.94. The molecule has 1 saturated carbocycles. The second kappa shape index (κ2) is 10.2. The molecule has 2 aliphatic rings. The van der Waals surface area contributed by atoms with Crippen molar-refractivity contribution in [3.8, 4) is 0 Å². The Labute approximate surface area is 193 Å². The van der Waals surface area contributed by atoms with E-state index in [1.54, 1.807) is 19.1 Å². The molecule has 2 atom stereocenters. The number of hydrogen-bond donors (Lipinski definition) is 0. The molecule has 32 heavy (non-hydrogen) atoms. The number of amidine groups is 1. The van der Waals surface area contributed by atoms with Gasteiger partial charge in [0, 0.05) is 6.04 Å². The molecule has 1 heterocycles. The van der Waals surface area contributed by atoms with Crippen LogP contribution in [-0.4, -0.2) is 34.6 Å². The molecule has 2 aromatic carbocycles. The molecule has 0 unspecified atom stereocenters. The molecule has 0 N–H and O–H groups in total. The number of hydrogen-bond acceptors (Lipinski definition) is 5. The molecule has 0 aromatic heterocycles. The van der Waals surface area contributed by atoms with Crippen LogP contribution in [0, 0.1) is 5.92 Å². The first-order chi connectivity index (χ1) is 15.6. The maximum atomic E-state index is 13.5. The molecule has 1 aliphatic heterocycles. The summed E-state index contributed by atoms with van der Waals surface area (Å²) in [5, 5.41) is 0.745. The number of para-hydroxylation sites is 1. The fourth-order valence-electron chi connectivity index (χ4n) is 4.23. The van der Waals surface area contributed by atoms with Crippen molar-refractivity contribution in [3.63, 3.8) is 0 Å². The summed E-state index contributed by atoms with van der Waals surface area (Å²) in [6, 6.07) is 17.1. The van der Waals surface area contributed by atoms with Crippen LogP contribution in [-0.2, 0) is 9.53 Å². The number of esters is 1. The van der Waals surface area contributed by atoms with Crippen molar-refractivity contribution < 1.29 is 14.3 Å². The van der Waals surface area contributed by atoms with Gasteiger partial charge in [0.2, 0.25) is 0 Å². The fourth-order valence-corrected chi connectivity index (χ4v) is 5.28. The number of thioether (sulfide) groups is 1. The van der Waals surface area contributed by atoms with E-state index >= 15 is 0 Å². The Morgan fingerprint density at radius 2 is 1.84 bits per heavy atom. The summed E-state index contributed by atoms with van der Waals surface area (Å²) in [6.07, 6.45) is 6.37. The molecule has 1 amide bonds. The number of amides is 1. The molecule has 1 aliphatic carbocycles. The molecule has 4 rings (SSSR count). The van der Waals surface area contributed by atoms with Gasteiger partial charge in [0.05, 0.1) is 22.8 Å². The zero-order chi connectivity index (χ0) is 22.5. The van der Waals surface area contributed by atoms with E-state index in [2.05, 4.69) is 6.92 Å². The van der Waals surface area contributed by atoms with Crippen LogP contribution in [0.3, 0.4) is 0 Å². The van der Waals surface area contributed by atoms with E-state index in [-0.39, 0.29) is 17.9 Å². The quantitative estimate of drug-likeness (QED) is 0.413. The maximum absolute atomic E-state index is 13.5. The Balaban J connectivity index is 1.64. The molecular weight excluding hydrogens is 420 g/mol. The molecule has 2 fully saturated rings. The Morgan fingerprint density at radius 1 is 1.12 bits per heavy atom. The molecule has 2 aromatic rings. The van der Waals surface area contributed by atoms with Crippen LogP contribution < -0.4 is 0 Å². The SMILES string of the molecule is CCOC(=O)c1ccc(/C=C2\SC(=Nc3ccccc3)N([C@@H]3CCCC[C@H]3C)C2=O)cc1. The van der Waals surface area contributed by atoms with Crippen molar-refractivity contribution >= 4 is 40.6 Å². The van der Waals surface area contributed by atoms with Gasteiger partial charge in [-0.05, 0) is 73.4 Å². The average molecular weight is 449 g/mol. The van der Waals surface area contributed by atoms with Crippen molar-refractivity contribution in [1.29, 1.82) is 0 Å². The first-order valence-corrected chi connectivity index (χ1v) is 12.0. The zero-order valence-corrected chi connectivity index (χ0v) is 19.3. The number of ether oxygens (including phenoxy) is 1. The number of carbonyl (C=O) groups is 2. The molecule has 166 valence electrons. The van der Waals surface area contributed by atoms with Crippen molar-refractivity contribution in [1.82, 2.24) is 4.90 Å². The summed E-state index contributed by atoms with van der Waals surface area (Å²) >= 11 is 1.43. The molecule has 0 bridgehead atoms. The van der Waals surface area contributed by atoms with Gasteiger partial charge in [0.15, 0.2) is 5.17 Å². The third-order valence-corrected chi connectivity index (χ3v) is 6.92. The molecule has 1 saturated heterocycles. The van der Waals surface area contributed by atoms with E-state index in [0.717, 1.165) is 35.7 Å². The topological polar surface area (TPSA) is 59.0 Å². The summed E-state index contributed by atoms with van der Waals surface area (Å²) < 4.78 is 5.05. The number of aliphatic imine (C=N–C) groups is 1. The van der Waals surface area contributed by atoms with Crippen molar-refractivity contribution in [3.05, 3.63) is 70.6 Å². The van der Waals surface area contributed by atoms with Gasteiger partial charge in [-0.3, -0.25) is 9.69 Å². The van der Waals surface area contributed by atoms with Crippen LogP contribution in [0.5, 0.6) is 0 Å². The van der Waals surface area contributed by atoms with Crippen LogP contribution >= 0.6 is 11.8 Å². The van der Waals surface area contributed by atoms with E-state index in [0.29, 0.717) is 23.0 Å². The van der Waals surface area contributed by atoms with E-state index in [4.69, 9.17) is 9.73 Å². The van der Waals surface area contributed by atoms with Gasteiger partial charge in [-0.15, -0.1) is 0 Å². The summed E-state index contributed by atoms with van der Waals surface area (Å²) in [7, 11) is 0. The highest BCUT2D eigenvalue weighted by Crippen LogP contribution is 2.40. The summed E-state index contributed by atoms with van der Waals surface area (Å²) in [5.74, 6) is 0.114. The second-order valence-corrected chi connectivity index (χ2v) is 9.20. The number of rotatable bonds is 5. The van der Waals surface area contributed by atoms with Crippen LogP contribution in [0.25, 0.3) is 6.08 Å². The zero-order valence-electron chi connectivity index (χ0n) is 18.5. The standard InChI is InChI=1S/C26H28N2O3S/c1-3-31-25(30)20-15-13-19(14-16-20)17-23-24(29)28(22-12-8-7-9-18(22)2)26(32-23)27-21-10-5-4-6-11-21/h4-6,10-11,13-18,22H,3,7-9,12H2,1-2H3/b23-17-,27-26?/t18-,22-/m1/s1. The van der Waals surface area contributed by atoms with Gasteiger partial charge in [0.25, 0.3) is 5.91 Å². The van der Waals surface area contributed by atoms with Crippen molar-refractivity contribution in [2.45, 2.75) is 45.6 Å². The number of carbonyl (C=O) groups excluding carboxylic acids is 2. The van der Waals surface area contributed by atoms with Crippen LogP contribution in [0.4, 0.5) is 5.69 Å². The monoisotopic (exact) mass is 448 g/mol. The molecule has 5 nitrogen and oxygen atoms in total. The lowest BCUT2D eigenvalue weighted by Crippen LogP contribution is -2.44. The average Bonchev–Trinajstić information content (AvgIpc) is 3.10. The van der Waals surface area contributed by atoms with Gasteiger partial charge < -0.3 is 4.74 Å². The van der Waals surface area contributed by atoms with Gasteiger partial charge in [-0.25, -0.2) is 9.79 Å². The van der Waals surface area contributed by atoms with Gasteiger partial charge >= 0.3 is 5.97 Å². The minimum atomic E-state index is -0.340. The lowest BCUT2D eigenvalue weighted by atomic mass is 9.85. The summed E-state index contributed by atoms with van der Waals surface area (Å²) in [6.45, 7) is 4.36. The first kappa shape index (κ1) is 22.3. The number of benzene rings is 2. The smallest absolute Gasteiger partial charge is 0.338 e. The highest BCUT2D eigenvalue weighted by molar-refractivity contribution is 8.18. The molecular formula is C26H28N2O3S. The predicted molar refractivity (Wildman–Crippen MR) is 130 cm³/mol. The van der Waals surface area contributed by atoms with Crippen LogP contribution in [0.15, 0.2) is 64.5 Å². The Hall–Kier alpha value is -2.86. The van der Waals surface area contributed by atoms with Crippen molar-refractivity contribution in [2.75, 3.05) is 6.61 Å². The highest BCUT2D eigenvalue weighted by atomic mass is 32.2. The lowest BCUT2D eigenvalue weighted by Gasteiger charge is -2.35. The first-order valence-electron chi connectivity index (χ1n) is 11.2. The Bertz CT molecular complexity index is 1030. The maximum Gasteiger partial charge on any atom is 0.338 e. The normalized spacial score (nSPS) is 23.7. The Morgan fingerprint density at radius 3 is 2.53 bits per heavy atom. The third kappa shape index (κ3) is 4.96.